The van der Waals surface area contributed by atoms with E-state index in [1.807, 2.05) is 12.1 Å². The summed E-state index contributed by atoms with van der Waals surface area (Å²) in [5.41, 5.74) is 1.34. The molecule has 0 radical (unpaired) electrons. The third-order valence-electron chi connectivity index (χ3n) is 3.20. The fourth-order valence-electron chi connectivity index (χ4n) is 1.90. The molecule has 1 aromatic carbocycles. The van der Waals surface area contributed by atoms with Gasteiger partial charge in [0.25, 0.3) is 0 Å². The van der Waals surface area contributed by atoms with Crippen molar-refractivity contribution >= 4 is 0 Å². The minimum absolute atomic E-state index is 0.489. The molecule has 1 aromatic rings. The number of nitrogens with one attached hydrogen (secondary N) is 1. The standard InChI is InChI=1S/C16H27NO3/c1-14(17-10-11-20-13-12-18-2)4-5-15-6-8-16(19-3)9-7-15/h6-9,14,17H,4-5,10-13H2,1-3H3. The van der Waals surface area contributed by atoms with Crippen LogP contribution in [-0.2, 0) is 15.9 Å². The number of hydrogen-bond acceptors (Lipinski definition) is 4. The molecule has 0 spiro atoms. The van der Waals surface area contributed by atoms with Gasteiger partial charge in [-0.2, -0.15) is 0 Å². The van der Waals surface area contributed by atoms with Crippen molar-refractivity contribution in [2.24, 2.45) is 0 Å². The van der Waals surface area contributed by atoms with E-state index in [9.17, 15) is 0 Å². The first-order valence-electron chi connectivity index (χ1n) is 7.19. The van der Waals surface area contributed by atoms with Gasteiger partial charge < -0.3 is 19.5 Å². The number of methoxy groups -OCH3 is 2. The van der Waals surface area contributed by atoms with Crippen molar-refractivity contribution in [2.75, 3.05) is 40.6 Å². The van der Waals surface area contributed by atoms with Gasteiger partial charge in [-0.15, -0.1) is 0 Å². The Bertz CT molecular complexity index is 340. The zero-order chi connectivity index (χ0) is 14.6. The maximum Gasteiger partial charge on any atom is 0.118 e. The molecule has 4 nitrogen and oxygen atoms in total. The zero-order valence-electron chi connectivity index (χ0n) is 12.9. The molecule has 0 heterocycles. The van der Waals surface area contributed by atoms with Gasteiger partial charge in [0.05, 0.1) is 26.9 Å². The van der Waals surface area contributed by atoms with Crippen molar-refractivity contribution in [1.29, 1.82) is 0 Å². The molecule has 1 unspecified atom stereocenters. The Morgan fingerprint density at radius 1 is 1.05 bits per heavy atom. The molecular formula is C16H27NO3. The topological polar surface area (TPSA) is 39.7 Å². The summed E-state index contributed by atoms with van der Waals surface area (Å²) >= 11 is 0. The molecule has 0 aliphatic heterocycles. The number of rotatable bonds is 11. The second kappa shape index (κ2) is 10.7. The minimum atomic E-state index is 0.489. The highest BCUT2D eigenvalue weighted by atomic mass is 16.5. The summed E-state index contributed by atoms with van der Waals surface area (Å²) in [5, 5.41) is 3.46. The van der Waals surface area contributed by atoms with Gasteiger partial charge >= 0.3 is 0 Å². The highest BCUT2D eigenvalue weighted by Crippen LogP contribution is 2.13. The van der Waals surface area contributed by atoms with E-state index in [1.54, 1.807) is 14.2 Å². The van der Waals surface area contributed by atoms with Crippen molar-refractivity contribution in [3.05, 3.63) is 29.8 Å². The molecule has 0 aliphatic carbocycles. The monoisotopic (exact) mass is 281 g/mol. The molecule has 0 amide bonds. The van der Waals surface area contributed by atoms with Crippen LogP contribution >= 0.6 is 0 Å². The van der Waals surface area contributed by atoms with Gasteiger partial charge in [-0.05, 0) is 37.5 Å². The van der Waals surface area contributed by atoms with Crippen LogP contribution < -0.4 is 10.1 Å². The van der Waals surface area contributed by atoms with E-state index in [2.05, 4.69) is 24.4 Å². The summed E-state index contributed by atoms with van der Waals surface area (Å²) in [4.78, 5) is 0. The maximum absolute atomic E-state index is 5.41. The molecule has 0 saturated heterocycles. The number of ether oxygens (including phenoxy) is 3. The van der Waals surface area contributed by atoms with Crippen molar-refractivity contribution in [3.8, 4) is 5.75 Å². The normalized spacial score (nSPS) is 12.3. The molecular weight excluding hydrogens is 254 g/mol. The highest BCUT2D eigenvalue weighted by molar-refractivity contribution is 5.27. The van der Waals surface area contributed by atoms with Gasteiger partial charge in [0.2, 0.25) is 0 Å². The summed E-state index contributed by atoms with van der Waals surface area (Å²) < 4.78 is 15.5. The second-order valence-electron chi connectivity index (χ2n) is 4.85. The fourth-order valence-corrected chi connectivity index (χ4v) is 1.90. The van der Waals surface area contributed by atoms with Gasteiger partial charge in [0, 0.05) is 19.7 Å². The molecule has 0 aromatic heterocycles. The Morgan fingerprint density at radius 3 is 2.45 bits per heavy atom. The fraction of sp³-hybridized carbons (Fsp3) is 0.625. The molecule has 0 saturated carbocycles. The van der Waals surface area contributed by atoms with E-state index in [-0.39, 0.29) is 0 Å². The minimum Gasteiger partial charge on any atom is -0.497 e. The van der Waals surface area contributed by atoms with Gasteiger partial charge in [0.1, 0.15) is 5.75 Å². The lowest BCUT2D eigenvalue weighted by Gasteiger charge is -2.14. The molecule has 20 heavy (non-hydrogen) atoms. The molecule has 1 atom stereocenters. The van der Waals surface area contributed by atoms with Crippen LogP contribution in [0.3, 0.4) is 0 Å². The Morgan fingerprint density at radius 2 is 1.80 bits per heavy atom. The summed E-state index contributed by atoms with van der Waals surface area (Å²) in [6.45, 7) is 5.15. The van der Waals surface area contributed by atoms with Crippen LogP contribution in [0.4, 0.5) is 0 Å². The Hall–Kier alpha value is -1.10. The number of benzene rings is 1. The Labute approximate surface area is 122 Å². The summed E-state index contributed by atoms with van der Waals surface area (Å²) in [6, 6.07) is 8.76. The van der Waals surface area contributed by atoms with Gasteiger partial charge in [0.15, 0.2) is 0 Å². The van der Waals surface area contributed by atoms with Crippen LogP contribution in [0.25, 0.3) is 0 Å². The van der Waals surface area contributed by atoms with Crippen molar-refractivity contribution in [2.45, 2.75) is 25.8 Å². The number of hydrogen-bond donors (Lipinski definition) is 1. The molecule has 1 N–H and O–H groups in total. The van der Waals surface area contributed by atoms with E-state index in [0.29, 0.717) is 19.3 Å². The molecule has 114 valence electrons. The second-order valence-corrected chi connectivity index (χ2v) is 4.85. The van der Waals surface area contributed by atoms with Crippen molar-refractivity contribution < 1.29 is 14.2 Å². The zero-order valence-corrected chi connectivity index (χ0v) is 12.9. The largest absolute Gasteiger partial charge is 0.497 e. The van der Waals surface area contributed by atoms with Gasteiger partial charge in [-0.25, -0.2) is 0 Å². The lowest BCUT2D eigenvalue weighted by atomic mass is 10.1. The molecule has 0 fully saturated rings. The first-order chi connectivity index (χ1) is 9.76. The smallest absolute Gasteiger partial charge is 0.118 e. The van der Waals surface area contributed by atoms with E-state index in [1.165, 1.54) is 5.56 Å². The number of aryl methyl sites for hydroxylation is 1. The van der Waals surface area contributed by atoms with Crippen LogP contribution in [0.5, 0.6) is 5.75 Å². The molecule has 0 aliphatic rings. The maximum atomic E-state index is 5.41. The van der Waals surface area contributed by atoms with Crippen molar-refractivity contribution in [3.63, 3.8) is 0 Å². The lowest BCUT2D eigenvalue weighted by molar-refractivity contribution is 0.0711. The van der Waals surface area contributed by atoms with E-state index in [0.717, 1.165) is 31.7 Å². The average molecular weight is 281 g/mol. The first-order valence-corrected chi connectivity index (χ1v) is 7.19. The Kier molecular flexibility index (Phi) is 9.04. The van der Waals surface area contributed by atoms with E-state index < -0.39 is 0 Å². The van der Waals surface area contributed by atoms with Gasteiger partial charge in [-0.3, -0.25) is 0 Å². The van der Waals surface area contributed by atoms with Crippen LogP contribution in [0.1, 0.15) is 18.9 Å². The van der Waals surface area contributed by atoms with E-state index in [4.69, 9.17) is 14.2 Å². The molecule has 0 bridgehead atoms. The molecule has 4 heteroatoms. The van der Waals surface area contributed by atoms with Crippen LogP contribution in [0.15, 0.2) is 24.3 Å². The van der Waals surface area contributed by atoms with Gasteiger partial charge in [-0.1, -0.05) is 12.1 Å². The van der Waals surface area contributed by atoms with Crippen LogP contribution in [0.2, 0.25) is 0 Å². The summed E-state index contributed by atoms with van der Waals surface area (Å²) in [6.07, 6.45) is 2.19. The third kappa shape index (κ3) is 7.48. The molecule has 1 rings (SSSR count). The van der Waals surface area contributed by atoms with E-state index >= 15 is 0 Å². The summed E-state index contributed by atoms with van der Waals surface area (Å²) in [7, 11) is 3.37. The quantitative estimate of drug-likeness (QED) is 0.632. The van der Waals surface area contributed by atoms with Crippen LogP contribution in [0, 0.1) is 0 Å². The SMILES string of the molecule is COCCOCCNC(C)CCc1ccc(OC)cc1. The predicted molar refractivity (Wildman–Crippen MR) is 81.5 cm³/mol. The lowest BCUT2D eigenvalue weighted by Crippen LogP contribution is -2.30. The van der Waals surface area contributed by atoms with Crippen LogP contribution in [-0.4, -0.2) is 46.6 Å². The average Bonchev–Trinajstić information content (AvgIpc) is 2.49. The first kappa shape index (κ1) is 17.0. The third-order valence-corrected chi connectivity index (χ3v) is 3.20. The predicted octanol–water partition coefficient (Wildman–Crippen LogP) is 2.27. The Balaban J connectivity index is 2.08. The highest BCUT2D eigenvalue weighted by Gasteiger charge is 2.02. The van der Waals surface area contributed by atoms with Crippen molar-refractivity contribution in [1.82, 2.24) is 5.32 Å². The summed E-state index contributed by atoms with van der Waals surface area (Å²) in [5.74, 6) is 0.910.